The van der Waals surface area contributed by atoms with Gasteiger partial charge in [0.1, 0.15) is 0 Å². The number of halogens is 2. The molecule has 28 heavy (non-hydrogen) atoms. The van der Waals surface area contributed by atoms with E-state index in [9.17, 15) is 4.79 Å². The first-order valence-electron chi connectivity index (χ1n) is 8.60. The fourth-order valence-electron chi connectivity index (χ4n) is 2.63. The molecule has 0 fully saturated rings. The molecule has 1 aromatic heterocycles. The number of benzene rings is 2. The Kier molecular flexibility index (Phi) is 6.83. The van der Waals surface area contributed by atoms with Gasteiger partial charge in [0.15, 0.2) is 5.82 Å². The summed E-state index contributed by atoms with van der Waals surface area (Å²) in [7, 11) is 0. The maximum absolute atomic E-state index is 12.6. The van der Waals surface area contributed by atoms with Crippen LogP contribution in [0.5, 0.6) is 0 Å². The maximum atomic E-state index is 12.6. The molecule has 9 heteroatoms. The number of nitrogen functional groups attached to an aromatic ring is 1. The Morgan fingerprint density at radius 1 is 1.18 bits per heavy atom. The number of amides is 1. The van der Waals surface area contributed by atoms with Crippen LogP contribution < -0.4 is 5.84 Å². The number of thioether (sulfide) groups is 1. The monoisotopic (exact) mass is 435 g/mol. The minimum absolute atomic E-state index is 0.00503. The molecular weight excluding hydrogens is 417 g/mol. The molecule has 6 nitrogen and oxygen atoms in total. The van der Waals surface area contributed by atoms with E-state index in [0.717, 1.165) is 5.56 Å². The van der Waals surface area contributed by atoms with Gasteiger partial charge in [0, 0.05) is 23.7 Å². The molecule has 0 atom stereocenters. The Balaban J connectivity index is 1.67. The number of carbonyl (C=O) groups is 1. The molecule has 0 aliphatic heterocycles. The van der Waals surface area contributed by atoms with Crippen molar-refractivity contribution >= 4 is 40.9 Å². The Labute approximate surface area is 177 Å². The summed E-state index contributed by atoms with van der Waals surface area (Å²) in [6.07, 6.45) is 0. The van der Waals surface area contributed by atoms with Crippen LogP contribution in [0.2, 0.25) is 10.0 Å². The Bertz CT molecular complexity index is 964. The topological polar surface area (TPSA) is 77.0 Å². The molecule has 146 valence electrons. The van der Waals surface area contributed by atoms with Gasteiger partial charge in [0.2, 0.25) is 11.1 Å². The normalized spacial score (nSPS) is 10.8. The minimum Gasteiger partial charge on any atom is -0.338 e. The Hall–Kier alpha value is -2.22. The molecule has 0 aliphatic carbocycles. The van der Waals surface area contributed by atoms with E-state index in [-0.39, 0.29) is 11.7 Å². The molecule has 2 N–H and O–H groups in total. The van der Waals surface area contributed by atoms with Crippen molar-refractivity contribution in [2.45, 2.75) is 18.6 Å². The zero-order valence-electron chi connectivity index (χ0n) is 15.2. The average Bonchev–Trinajstić information content (AvgIpc) is 3.05. The summed E-state index contributed by atoms with van der Waals surface area (Å²) < 4.78 is 1.33. The highest BCUT2D eigenvalue weighted by molar-refractivity contribution is 7.99. The third-order valence-electron chi connectivity index (χ3n) is 4.11. The molecule has 1 heterocycles. The van der Waals surface area contributed by atoms with E-state index in [4.69, 9.17) is 29.0 Å². The third-order valence-corrected chi connectivity index (χ3v) is 5.59. The van der Waals surface area contributed by atoms with Gasteiger partial charge in [-0.1, -0.05) is 65.3 Å². The van der Waals surface area contributed by atoms with Gasteiger partial charge in [-0.3, -0.25) is 4.79 Å². The predicted molar refractivity (Wildman–Crippen MR) is 114 cm³/mol. The van der Waals surface area contributed by atoms with Crippen LogP contribution in [0, 0.1) is 0 Å². The summed E-state index contributed by atoms with van der Waals surface area (Å²) in [6.45, 7) is 3.14. The summed E-state index contributed by atoms with van der Waals surface area (Å²) in [5.41, 5.74) is 1.71. The van der Waals surface area contributed by atoms with Gasteiger partial charge in [0.05, 0.1) is 10.8 Å². The first-order chi connectivity index (χ1) is 13.5. The largest absolute Gasteiger partial charge is 0.338 e. The zero-order chi connectivity index (χ0) is 20.1. The second-order valence-corrected chi connectivity index (χ2v) is 7.77. The Morgan fingerprint density at radius 3 is 2.61 bits per heavy atom. The highest BCUT2D eigenvalue weighted by Gasteiger charge is 2.18. The number of nitrogens with two attached hydrogens (primary N) is 1. The second-order valence-electron chi connectivity index (χ2n) is 5.98. The predicted octanol–water partition coefficient (Wildman–Crippen LogP) is 4.11. The van der Waals surface area contributed by atoms with Crippen LogP contribution >= 0.6 is 35.0 Å². The summed E-state index contributed by atoms with van der Waals surface area (Å²) in [5, 5.41) is 9.58. The number of hydrogen-bond donors (Lipinski definition) is 1. The molecule has 0 aliphatic rings. The molecule has 2 aromatic carbocycles. The van der Waals surface area contributed by atoms with Crippen molar-refractivity contribution in [3.05, 3.63) is 64.1 Å². The van der Waals surface area contributed by atoms with Crippen molar-refractivity contribution in [3.8, 4) is 11.4 Å². The molecule has 1 amide bonds. The van der Waals surface area contributed by atoms with Crippen molar-refractivity contribution < 1.29 is 4.79 Å². The van der Waals surface area contributed by atoms with Gasteiger partial charge in [-0.2, -0.15) is 0 Å². The lowest BCUT2D eigenvalue weighted by Crippen LogP contribution is -2.31. The number of hydrogen-bond acceptors (Lipinski definition) is 5. The molecule has 0 radical (unpaired) electrons. The molecular formula is C19H19Cl2N5OS. The van der Waals surface area contributed by atoms with E-state index < -0.39 is 0 Å². The van der Waals surface area contributed by atoms with Crippen LogP contribution in [-0.2, 0) is 11.3 Å². The van der Waals surface area contributed by atoms with Crippen LogP contribution in [0.25, 0.3) is 11.4 Å². The highest BCUT2D eigenvalue weighted by atomic mass is 35.5. The van der Waals surface area contributed by atoms with Crippen molar-refractivity contribution in [3.63, 3.8) is 0 Å². The molecule has 0 bridgehead atoms. The number of carbonyl (C=O) groups excluding carboxylic acids is 1. The van der Waals surface area contributed by atoms with Crippen molar-refractivity contribution in [1.29, 1.82) is 0 Å². The SMILES string of the molecule is CCN(Cc1ccccc1)C(=O)CSc1nnc(-c2ccc(Cl)cc2Cl)n1N. The van der Waals surface area contributed by atoms with Crippen LogP contribution in [0.1, 0.15) is 12.5 Å². The smallest absolute Gasteiger partial charge is 0.233 e. The van der Waals surface area contributed by atoms with Crippen molar-refractivity contribution in [1.82, 2.24) is 19.8 Å². The van der Waals surface area contributed by atoms with Crippen molar-refractivity contribution in [2.24, 2.45) is 0 Å². The second kappa shape index (κ2) is 9.32. The third kappa shape index (κ3) is 4.79. The average molecular weight is 436 g/mol. The molecule has 0 saturated carbocycles. The number of nitrogens with zero attached hydrogens (tertiary/aromatic N) is 4. The lowest BCUT2D eigenvalue weighted by Gasteiger charge is -2.20. The highest BCUT2D eigenvalue weighted by Crippen LogP contribution is 2.30. The van der Waals surface area contributed by atoms with E-state index in [1.54, 1.807) is 23.1 Å². The molecule has 0 unspecified atom stereocenters. The van der Waals surface area contributed by atoms with Gasteiger partial charge in [-0.15, -0.1) is 10.2 Å². The molecule has 3 rings (SSSR count). The standard InChI is InChI=1S/C19H19Cl2N5OS/c1-2-25(11-13-6-4-3-5-7-13)17(27)12-28-19-24-23-18(26(19)22)15-9-8-14(20)10-16(15)21/h3-10H,2,11-12,22H2,1H3. The lowest BCUT2D eigenvalue weighted by molar-refractivity contribution is -0.128. The van der Waals surface area contributed by atoms with E-state index in [1.165, 1.54) is 16.4 Å². The summed E-state index contributed by atoms with van der Waals surface area (Å²) in [4.78, 5) is 14.4. The van der Waals surface area contributed by atoms with Crippen LogP contribution in [-0.4, -0.2) is 38.0 Å². The molecule has 0 spiro atoms. The first-order valence-corrected chi connectivity index (χ1v) is 10.3. The summed E-state index contributed by atoms with van der Waals surface area (Å²) >= 11 is 13.4. The van der Waals surface area contributed by atoms with E-state index in [1.807, 2.05) is 37.3 Å². The van der Waals surface area contributed by atoms with E-state index in [2.05, 4.69) is 10.2 Å². The van der Waals surface area contributed by atoms with E-state index in [0.29, 0.717) is 39.7 Å². The summed E-state index contributed by atoms with van der Waals surface area (Å²) in [5.74, 6) is 6.74. The quantitative estimate of drug-likeness (QED) is 0.446. The summed E-state index contributed by atoms with van der Waals surface area (Å²) in [6, 6.07) is 14.9. The van der Waals surface area contributed by atoms with Crippen molar-refractivity contribution in [2.75, 3.05) is 18.1 Å². The van der Waals surface area contributed by atoms with E-state index >= 15 is 0 Å². The number of rotatable bonds is 7. The zero-order valence-corrected chi connectivity index (χ0v) is 17.5. The molecule has 0 saturated heterocycles. The van der Waals surface area contributed by atoms with Gasteiger partial charge in [-0.05, 0) is 30.7 Å². The van der Waals surface area contributed by atoms with Gasteiger partial charge >= 0.3 is 0 Å². The van der Waals surface area contributed by atoms with Crippen LogP contribution in [0.15, 0.2) is 53.7 Å². The lowest BCUT2D eigenvalue weighted by atomic mass is 10.2. The minimum atomic E-state index is 0.00503. The fourth-order valence-corrected chi connectivity index (χ4v) is 3.88. The van der Waals surface area contributed by atoms with Crippen LogP contribution in [0.4, 0.5) is 0 Å². The first kappa shape index (κ1) is 20.5. The molecule has 3 aromatic rings. The number of aromatic nitrogens is 3. The van der Waals surface area contributed by atoms with Gasteiger partial charge < -0.3 is 10.7 Å². The van der Waals surface area contributed by atoms with Gasteiger partial charge in [0.25, 0.3) is 0 Å². The Morgan fingerprint density at radius 2 is 1.93 bits per heavy atom. The maximum Gasteiger partial charge on any atom is 0.233 e. The van der Waals surface area contributed by atoms with Crippen LogP contribution in [0.3, 0.4) is 0 Å². The van der Waals surface area contributed by atoms with Gasteiger partial charge in [-0.25, -0.2) is 4.68 Å². The fraction of sp³-hybridized carbons (Fsp3) is 0.211.